The van der Waals surface area contributed by atoms with Crippen LogP contribution in [0, 0.1) is 25.7 Å². The molecule has 0 bridgehead atoms. The highest BCUT2D eigenvalue weighted by molar-refractivity contribution is 7.19. The third-order valence-electron chi connectivity index (χ3n) is 6.23. The van der Waals surface area contributed by atoms with Gasteiger partial charge in [-0.25, -0.2) is 4.98 Å². The summed E-state index contributed by atoms with van der Waals surface area (Å²) in [7, 11) is 0. The molecule has 8 heteroatoms. The first-order chi connectivity index (χ1) is 13.5. The van der Waals surface area contributed by atoms with Crippen LogP contribution >= 0.6 is 11.3 Å². The Hall–Kier alpha value is -2.29. The maximum Gasteiger partial charge on any atom is 0.148 e. The average molecular weight is 397 g/mol. The summed E-state index contributed by atoms with van der Waals surface area (Å²) >= 11 is 1.46. The van der Waals surface area contributed by atoms with Crippen molar-refractivity contribution >= 4 is 33.1 Å². The van der Waals surface area contributed by atoms with Crippen molar-refractivity contribution in [3.63, 3.8) is 0 Å². The zero-order chi connectivity index (χ0) is 19.4. The highest BCUT2D eigenvalue weighted by atomic mass is 32.1. The summed E-state index contributed by atoms with van der Waals surface area (Å²) in [5, 5.41) is 20.5. The topological polar surface area (TPSA) is 91.4 Å². The number of nitrogen functional groups attached to an aromatic ring is 1. The van der Waals surface area contributed by atoms with Crippen molar-refractivity contribution in [2.24, 2.45) is 11.8 Å². The third-order valence-corrected chi connectivity index (χ3v) is 7.36. The minimum Gasteiger partial charge on any atom is -0.397 e. The van der Waals surface area contributed by atoms with Crippen LogP contribution in [0.4, 0.5) is 11.5 Å². The van der Waals surface area contributed by atoms with Gasteiger partial charge in [-0.3, -0.25) is 4.90 Å². The standard InChI is InChI=1S/C20H24N6OS/c1-11-12(2)23-24-19-16(11)17(21)18(28-19)20(27)26-9-13-7-25(8-14(13)10-26)15-5-3-4-6-22-15/h3-6,13-14,20,27H,7-10,21H2,1-2H3. The van der Waals surface area contributed by atoms with E-state index in [1.807, 2.05) is 32.2 Å². The Morgan fingerprint density at radius 2 is 1.89 bits per heavy atom. The predicted octanol–water partition coefficient (Wildman–Crippen LogP) is 2.34. The van der Waals surface area contributed by atoms with Gasteiger partial charge in [0.1, 0.15) is 16.9 Å². The van der Waals surface area contributed by atoms with E-state index in [1.54, 1.807) is 0 Å². The fraction of sp³-hybridized carbons (Fsp3) is 0.450. The number of hydrogen-bond acceptors (Lipinski definition) is 8. The molecule has 3 aromatic heterocycles. The van der Waals surface area contributed by atoms with Crippen molar-refractivity contribution in [2.75, 3.05) is 36.8 Å². The molecule has 5 rings (SSSR count). The molecule has 7 nitrogen and oxygen atoms in total. The molecule has 0 radical (unpaired) electrons. The summed E-state index contributed by atoms with van der Waals surface area (Å²) in [6.07, 6.45) is 1.16. The van der Waals surface area contributed by atoms with E-state index >= 15 is 0 Å². The van der Waals surface area contributed by atoms with Gasteiger partial charge in [-0.1, -0.05) is 6.07 Å². The fourth-order valence-electron chi connectivity index (χ4n) is 4.57. The molecule has 0 amide bonds. The summed E-state index contributed by atoms with van der Waals surface area (Å²) in [5.41, 5.74) is 9.00. The lowest BCUT2D eigenvalue weighted by atomic mass is 10.0. The van der Waals surface area contributed by atoms with E-state index in [4.69, 9.17) is 5.73 Å². The number of aliphatic hydroxyl groups is 1. The summed E-state index contributed by atoms with van der Waals surface area (Å²) < 4.78 is 0. The number of anilines is 2. The molecule has 0 aliphatic carbocycles. The Labute approximate surface area is 167 Å². The first-order valence-corrected chi connectivity index (χ1v) is 10.4. The van der Waals surface area contributed by atoms with E-state index in [2.05, 4.69) is 31.0 Å². The van der Waals surface area contributed by atoms with E-state index in [0.717, 1.165) is 58.3 Å². The van der Waals surface area contributed by atoms with Gasteiger partial charge in [0.2, 0.25) is 0 Å². The molecule has 0 aromatic carbocycles. The van der Waals surface area contributed by atoms with Crippen molar-refractivity contribution in [1.82, 2.24) is 20.1 Å². The van der Waals surface area contributed by atoms with E-state index < -0.39 is 6.23 Å². The average Bonchev–Trinajstić information content (AvgIpc) is 3.37. The highest BCUT2D eigenvalue weighted by Gasteiger charge is 2.43. The van der Waals surface area contributed by atoms with Crippen LogP contribution in [0.3, 0.4) is 0 Å². The van der Waals surface area contributed by atoms with Crippen molar-refractivity contribution in [3.05, 3.63) is 40.5 Å². The second-order valence-electron chi connectivity index (χ2n) is 7.91. The van der Waals surface area contributed by atoms with Crippen LogP contribution in [0.5, 0.6) is 0 Å². The normalized spacial score (nSPS) is 23.5. The lowest BCUT2D eigenvalue weighted by Crippen LogP contribution is -2.31. The van der Waals surface area contributed by atoms with E-state index in [-0.39, 0.29) is 0 Å². The van der Waals surface area contributed by atoms with Crippen molar-refractivity contribution in [3.8, 4) is 0 Å². The van der Waals surface area contributed by atoms with Crippen molar-refractivity contribution < 1.29 is 5.11 Å². The van der Waals surface area contributed by atoms with Gasteiger partial charge in [0.25, 0.3) is 0 Å². The molecule has 3 unspecified atom stereocenters. The Bertz CT molecular complexity index is 1010. The number of hydrogen-bond donors (Lipinski definition) is 2. The molecule has 2 saturated heterocycles. The number of fused-ring (bicyclic) bond motifs is 2. The van der Waals surface area contributed by atoms with Gasteiger partial charge in [-0.05, 0) is 43.4 Å². The second kappa shape index (κ2) is 6.65. The smallest absolute Gasteiger partial charge is 0.148 e. The largest absolute Gasteiger partial charge is 0.397 e. The molecule has 5 heterocycles. The molecule has 3 N–H and O–H groups in total. The predicted molar refractivity (Wildman–Crippen MR) is 111 cm³/mol. The van der Waals surface area contributed by atoms with Gasteiger partial charge < -0.3 is 15.7 Å². The van der Waals surface area contributed by atoms with Crippen LogP contribution in [-0.4, -0.2) is 51.4 Å². The van der Waals surface area contributed by atoms with Gasteiger partial charge in [-0.15, -0.1) is 16.4 Å². The minimum atomic E-state index is -0.687. The van der Waals surface area contributed by atoms with E-state index in [9.17, 15) is 5.11 Å². The lowest BCUT2D eigenvalue weighted by Gasteiger charge is -2.25. The number of likely N-dealkylation sites (tertiary alicyclic amines) is 1. The van der Waals surface area contributed by atoms with E-state index in [1.165, 1.54) is 11.3 Å². The van der Waals surface area contributed by atoms with Crippen molar-refractivity contribution in [1.29, 1.82) is 0 Å². The number of aromatic nitrogens is 3. The van der Waals surface area contributed by atoms with Gasteiger partial charge >= 0.3 is 0 Å². The van der Waals surface area contributed by atoms with Gasteiger partial charge in [0.15, 0.2) is 0 Å². The first-order valence-electron chi connectivity index (χ1n) is 9.62. The number of nitrogens with zero attached hydrogens (tertiary/aromatic N) is 5. The summed E-state index contributed by atoms with van der Waals surface area (Å²) in [6, 6.07) is 6.04. The maximum atomic E-state index is 11.1. The number of aryl methyl sites for hydroxylation is 2. The molecule has 3 atom stereocenters. The van der Waals surface area contributed by atoms with E-state index in [0.29, 0.717) is 17.5 Å². The van der Waals surface area contributed by atoms with Gasteiger partial charge in [-0.2, -0.15) is 5.10 Å². The molecule has 146 valence electrons. The van der Waals surface area contributed by atoms with Crippen LogP contribution < -0.4 is 10.6 Å². The lowest BCUT2D eigenvalue weighted by molar-refractivity contribution is 0.0176. The summed E-state index contributed by atoms with van der Waals surface area (Å²) in [4.78, 5) is 10.6. The quantitative estimate of drug-likeness (QED) is 0.702. The summed E-state index contributed by atoms with van der Waals surface area (Å²) in [5.74, 6) is 2.12. The molecule has 2 aliphatic heterocycles. The number of rotatable bonds is 3. The monoisotopic (exact) mass is 396 g/mol. The Kier molecular flexibility index (Phi) is 4.22. The van der Waals surface area contributed by atoms with Crippen LogP contribution in [0.25, 0.3) is 10.2 Å². The molecule has 0 spiro atoms. The Morgan fingerprint density at radius 3 is 2.57 bits per heavy atom. The Morgan fingerprint density at radius 1 is 1.14 bits per heavy atom. The zero-order valence-electron chi connectivity index (χ0n) is 16.0. The fourth-order valence-corrected chi connectivity index (χ4v) is 5.69. The molecular formula is C20H24N6OS. The van der Waals surface area contributed by atoms with Crippen molar-refractivity contribution in [2.45, 2.75) is 20.1 Å². The first kappa shape index (κ1) is 17.8. The molecule has 0 saturated carbocycles. The molecule has 2 fully saturated rings. The molecule has 28 heavy (non-hydrogen) atoms. The maximum absolute atomic E-state index is 11.1. The molecular weight excluding hydrogens is 372 g/mol. The number of pyridine rings is 1. The Balaban J connectivity index is 1.35. The number of nitrogens with two attached hydrogens (primary N) is 1. The number of aliphatic hydroxyl groups excluding tert-OH is 1. The van der Waals surface area contributed by atoms with Crippen LogP contribution in [0.2, 0.25) is 0 Å². The van der Waals surface area contributed by atoms with Crippen LogP contribution in [-0.2, 0) is 0 Å². The minimum absolute atomic E-state index is 0.538. The van der Waals surface area contributed by atoms with Gasteiger partial charge in [0, 0.05) is 37.8 Å². The number of thiophene rings is 1. The SMILES string of the molecule is Cc1nnc2sc(C(O)N3CC4CN(c5ccccn5)CC4C3)c(N)c2c1C. The van der Waals surface area contributed by atoms with Gasteiger partial charge in [0.05, 0.1) is 16.3 Å². The highest BCUT2D eigenvalue weighted by Crippen LogP contribution is 2.42. The molecule has 2 aliphatic rings. The van der Waals surface area contributed by atoms with Crippen LogP contribution in [0.15, 0.2) is 24.4 Å². The van der Waals surface area contributed by atoms with Crippen LogP contribution in [0.1, 0.15) is 22.4 Å². The summed E-state index contributed by atoms with van der Waals surface area (Å²) in [6.45, 7) is 7.65. The third kappa shape index (κ3) is 2.75. The zero-order valence-corrected chi connectivity index (χ0v) is 16.9. The molecule has 3 aromatic rings. The second-order valence-corrected chi connectivity index (χ2v) is 8.94.